The van der Waals surface area contributed by atoms with Crippen molar-refractivity contribution in [1.82, 2.24) is 10.2 Å². The van der Waals surface area contributed by atoms with Crippen molar-refractivity contribution in [2.24, 2.45) is 0 Å². The molecule has 0 bridgehead atoms. The fourth-order valence-corrected chi connectivity index (χ4v) is 0.496. The summed E-state index contributed by atoms with van der Waals surface area (Å²) in [5, 5.41) is 19.5. The van der Waals surface area contributed by atoms with E-state index in [1.807, 2.05) is 5.32 Å². The number of hydrogen-bond donors (Lipinski definition) is 2. The van der Waals surface area contributed by atoms with Gasteiger partial charge in [-0.2, -0.15) is 0 Å². The van der Waals surface area contributed by atoms with E-state index < -0.39 is 31.4 Å². The maximum atomic E-state index is 10.9. The molecule has 0 spiro atoms. The molecule has 74 valence electrons. The van der Waals surface area contributed by atoms with Crippen molar-refractivity contribution in [3.63, 3.8) is 0 Å². The van der Waals surface area contributed by atoms with Crippen LogP contribution in [0.1, 0.15) is 17.5 Å². The monoisotopic (exact) mass is 196 g/mol. The summed E-state index contributed by atoms with van der Waals surface area (Å²) in [5.74, 6) is -3.00. The van der Waals surface area contributed by atoms with E-state index in [9.17, 15) is 14.7 Å². The minimum absolute atomic E-state index is 0. The smallest absolute Gasteiger partial charge is 0.548 e. The van der Waals surface area contributed by atoms with Gasteiger partial charge in [0.1, 0.15) is 0 Å². The molecule has 7 heteroatoms. The Hall–Kier alpha value is -0.993. The summed E-state index contributed by atoms with van der Waals surface area (Å²) in [7, 11) is 0. The fraction of sp³-hybridized carbons (Fsp3) is 0.571. The third kappa shape index (κ3) is 6.52. The van der Waals surface area contributed by atoms with E-state index in [1.54, 1.807) is 0 Å². The third-order valence-corrected chi connectivity index (χ3v) is 1.14. The molecule has 0 unspecified atom stereocenters. The Balaban J connectivity index is 0. The van der Waals surface area contributed by atoms with Gasteiger partial charge in [-0.05, 0) is 0 Å². The van der Waals surface area contributed by atoms with Gasteiger partial charge in [-0.15, -0.1) is 0 Å². The van der Waals surface area contributed by atoms with Crippen molar-refractivity contribution in [3.05, 3.63) is 0 Å². The van der Waals surface area contributed by atoms with Crippen LogP contribution in [0.25, 0.3) is 0 Å². The first kappa shape index (κ1) is 9.56. The zero-order chi connectivity index (χ0) is 12.9. The topological polar surface area (TPSA) is 96.3 Å². The number of aliphatic carboxylic acids is 1. The summed E-state index contributed by atoms with van der Waals surface area (Å²) in [6.07, 6.45) is 0.0581. The zero-order valence-electron chi connectivity index (χ0n) is 11.1. The average Bonchev–Trinajstić information content (AvgIpc) is 2.11. The molecule has 0 aromatic carbocycles. The van der Waals surface area contributed by atoms with E-state index >= 15 is 0 Å². The van der Waals surface area contributed by atoms with Gasteiger partial charge in [0.05, 0.1) is 12.5 Å². The van der Waals surface area contributed by atoms with Gasteiger partial charge in [0.25, 0.3) is 0 Å². The Kier molecular flexibility index (Phi) is 5.06. The molecule has 0 saturated heterocycles. The number of amides is 1. The van der Waals surface area contributed by atoms with Crippen molar-refractivity contribution in [2.45, 2.75) is 13.3 Å². The number of guanidine groups is 1. The number of nitrogens with one attached hydrogen (secondary N) is 2. The number of carboxylic acids is 1. The molecule has 0 aromatic heterocycles. The van der Waals surface area contributed by atoms with Gasteiger partial charge in [0.2, 0.25) is 5.91 Å². The van der Waals surface area contributed by atoms with Gasteiger partial charge in [-0.25, -0.2) is 0 Å². The third-order valence-electron chi connectivity index (χ3n) is 1.14. The van der Waals surface area contributed by atoms with Crippen molar-refractivity contribution in [2.75, 3.05) is 13.5 Å². The van der Waals surface area contributed by atoms with E-state index in [0.717, 1.165) is 0 Å². The normalized spacial score (nSPS) is 12.5. The molecule has 0 rings (SSSR count). The number of hydrogen-bond acceptors (Lipinski definition) is 4. The number of carbonyl (C=O) groups is 2. The van der Waals surface area contributed by atoms with Crippen LogP contribution in [-0.2, 0) is 9.59 Å². The van der Waals surface area contributed by atoms with Gasteiger partial charge < -0.3 is 14.8 Å². The molecule has 14 heavy (non-hydrogen) atoms. The van der Waals surface area contributed by atoms with E-state index in [-0.39, 0.29) is 30.2 Å². The van der Waals surface area contributed by atoms with Crippen LogP contribution in [0.15, 0.2) is 0 Å². The van der Waals surface area contributed by atoms with Crippen LogP contribution < -0.4 is 29.3 Å². The second-order valence-corrected chi connectivity index (χ2v) is 2.21. The molecule has 0 atom stereocenters. The van der Waals surface area contributed by atoms with E-state index in [1.165, 1.54) is 6.92 Å². The van der Waals surface area contributed by atoms with Crippen LogP contribution in [0.3, 0.4) is 0 Å². The standard InChI is InChI=1S/C7H13N3O3.Li/c1-3-5(11)9-7(8)10(2)4-6(12)13;/h3-4H2,1-2H3,(H,12,13)(H2,8,9,11);/q;+1/p-1/i2D3;. The largest absolute Gasteiger partial charge is 1.00 e. The van der Waals surface area contributed by atoms with Gasteiger partial charge in [-0.3, -0.25) is 15.5 Å². The quantitative estimate of drug-likeness (QED) is 0.269. The molecule has 0 aliphatic heterocycles. The van der Waals surface area contributed by atoms with E-state index in [0.29, 0.717) is 0 Å². The summed E-state index contributed by atoms with van der Waals surface area (Å²) in [6.45, 7) is -2.29. The Morgan fingerprint density at radius 1 is 1.64 bits per heavy atom. The molecule has 0 aromatic rings. The van der Waals surface area contributed by atoms with Crippen LogP contribution in [0.5, 0.6) is 0 Å². The minimum Gasteiger partial charge on any atom is -0.548 e. The minimum atomic E-state index is -2.82. The first-order valence-electron chi connectivity index (χ1n) is 5.04. The fourth-order valence-electron chi connectivity index (χ4n) is 0.496. The Labute approximate surface area is 98.6 Å². The average molecular weight is 196 g/mol. The summed E-state index contributed by atoms with van der Waals surface area (Å²) in [5.41, 5.74) is 0. The molecule has 1 amide bonds. The molecular formula is C7H12LiN3O3. The second kappa shape index (κ2) is 7.41. The van der Waals surface area contributed by atoms with Gasteiger partial charge in [-0.1, -0.05) is 6.92 Å². The maximum absolute atomic E-state index is 10.9. The van der Waals surface area contributed by atoms with Crippen molar-refractivity contribution >= 4 is 17.8 Å². The van der Waals surface area contributed by atoms with Crippen molar-refractivity contribution < 1.29 is 37.7 Å². The molecule has 6 nitrogen and oxygen atoms in total. The van der Waals surface area contributed by atoms with E-state index in [4.69, 9.17) is 9.52 Å². The van der Waals surface area contributed by atoms with Crippen molar-refractivity contribution in [1.29, 1.82) is 5.41 Å². The molecule has 0 radical (unpaired) electrons. The number of nitrogens with zero attached hydrogens (tertiary/aromatic N) is 1. The Morgan fingerprint density at radius 3 is 2.57 bits per heavy atom. The number of rotatable bonds is 3. The first-order chi connectivity index (χ1) is 7.18. The van der Waals surface area contributed by atoms with Crippen LogP contribution in [0.4, 0.5) is 0 Å². The predicted molar refractivity (Wildman–Crippen MR) is 43.8 cm³/mol. The second-order valence-electron chi connectivity index (χ2n) is 2.21. The van der Waals surface area contributed by atoms with Crippen molar-refractivity contribution in [3.8, 4) is 0 Å². The molecule has 0 saturated carbocycles. The molecule has 0 aliphatic rings. The summed E-state index contributed by atoms with van der Waals surface area (Å²) >= 11 is 0. The zero-order valence-corrected chi connectivity index (χ0v) is 8.09. The number of carboxylic acid groups (broad SMARTS) is 1. The van der Waals surface area contributed by atoms with E-state index in [2.05, 4.69) is 0 Å². The first-order valence-corrected chi connectivity index (χ1v) is 3.54. The molecule has 2 N–H and O–H groups in total. The van der Waals surface area contributed by atoms with Crippen LogP contribution in [0.2, 0.25) is 0 Å². The molecule has 0 fully saturated rings. The summed E-state index contributed by atoms with van der Waals surface area (Å²) in [4.78, 5) is 21.5. The molecule has 0 heterocycles. The molecular weight excluding hydrogens is 181 g/mol. The Bertz CT molecular complexity index is 308. The number of carbonyl (C=O) groups excluding carboxylic acids is 2. The van der Waals surface area contributed by atoms with Gasteiger partial charge in [0.15, 0.2) is 5.96 Å². The summed E-state index contributed by atoms with van der Waals surface area (Å²) in [6, 6.07) is 0. The van der Waals surface area contributed by atoms with Crippen LogP contribution >= 0.6 is 0 Å². The Morgan fingerprint density at radius 2 is 2.21 bits per heavy atom. The SMILES string of the molecule is [2H]C([2H])([2H])N(CC(=O)[O-])C(=N)NC(=O)CC.[Li+]. The molecule has 0 aliphatic carbocycles. The predicted octanol–water partition coefficient (Wildman–Crippen LogP) is -4.87. The maximum Gasteiger partial charge on any atom is 1.00 e. The number of likely N-dealkylation sites (N-methyl/N-ethyl adjacent to an activating group) is 1. The summed E-state index contributed by atoms with van der Waals surface area (Å²) < 4.78 is 21.0. The van der Waals surface area contributed by atoms with Gasteiger partial charge in [0, 0.05) is 17.5 Å². The van der Waals surface area contributed by atoms with Crippen LogP contribution in [0, 0.1) is 5.41 Å². The van der Waals surface area contributed by atoms with Gasteiger partial charge >= 0.3 is 18.9 Å². The van der Waals surface area contributed by atoms with Crippen LogP contribution in [-0.4, -0.2) is 36.3 Å².